The Kier molecular flexibility index (Phi) is 8.74. The van der Waals surface area contributed by atoms with E-state index < -0.39 is 34.0 Å². The molecule has 38 heavy (non-hydrogen) atoms. The summed E-state index contributed by atoms with van der Waals surface area (Å²) in [5.74, 6) is -1.25. The summed E-state index contributed by atoms with van der Waals surface area (Å²) in [6.45, 7) is 1.77. The number of carbonyl (C=O) groups is 3. The summed E-state index contributed by atoms with van der Waals surface area (Å²) in [6.07, 6.45) is 1.04. The highest BCUT2D eigenvalue weighted by Crippen LogP contribution is 2.26. The maximum atomic E-state index is 13.1. The zero-order chi connectivity index (χ0) is 27.1. The van der Waals surface area contributed by atoms with E-state index >= 15 is 0 Å². The highest BCUT2D eigenvalue weighted by molar-refractivity contribution is 7.89. The minimum absolute atomic E-state index is 0.0144. The normalized spacial score (nSPS) is 18.3. The molecular weight excluding hydrogens is 510 g/mol. The van der Waals surface area contributed by atoms with Crippen LogP contribution in [0.5, 0.6) is 0 Å². The molecule has 2 aliphatic heterocycles. The molecule has 0 radical (unpaired) electrons. The summed E-state index contributed by atoms with van der Waals surface area (Å²) < 4.78 is 27.3. The maximum absolute atomic E-state index is 13.1. The fourth-order valence-electron chi connectivity index (χ4n) is 4.50. The standard InChI is InChI=1S/C26H31N5O6S/c32-20(17-29-26-27-12-13-28-26)15-18-8-10-19(11-9-18)16-22(25(34)35)30-24(33)23-7-4-14-31(23)38(36,37)21-5-2-1-3-6-21/h1-3,5-6,8-11,22-23H,4,7,12-17H2,(H,30,33)(H,34,35)(H2,27,28,29)/t22?,23-/m0/s1. The molecule has 1 unspecified atom stereocenters. The van der Waals surface area contributed by atoms with Crippen molar-refractivity contribution in [3.8, 4) is 0 Å². The minimum Gasteiger partial charge on any atom is -0.480 e. The molecule has 0 spiro atoms. The number of carboxylic acids is 1. The largest absolute Gasteiger partial charge is 0.480 e. The van der Waals surface area contributed by atoms with Gasteiger partial charge in [-0.15, -0.1) is 0 Å². The Labute approximate surface area is 221 Å². The molecule has 2 heterocycles. The number of guanidine groups is 1. The van der Waals surface area contributed by atoms with E-state index in [4.69, 9.17) is 0 Å². The Bertz CT molecular complexity index is 1300. The number of carbonyl (C=O) groups excluding carboxylic acids is 2. The van der Waals surface area contributed by atoms with Crippen LogP contribution < -0.4 is 16.0 Å². The van der Waals surface area contributed by atoms with Crippen LogP contribution >= 0.6 is 0 Å². The molecule has 11 nitrogen and oxygen atoms in total. The molecule has 0 saturated carbocycles. The predicted octanol–water partition coefficient (Wildman–Crippen LogP) is 0.312. The Morgan fingerprint density at radius 1 is 1.08 bits per heavy atom. The Morgan fingerprint density at radius 2 is 1.79 bits per heavy atom. The number of Topliss-reactive ketones (excluding diaryl/α,β-unsaturated/α-hetero) is 1. The van der Waals surface area contributed by atoms with Gasteiger partial charge in [-0.25, -0.2) is 13.2 Å². The van der Waals surface area contributed by atoms with Gasteiger partial charge in [0.25, 0.3) is 0 Å². The highest BCUT2D eigenvalue weighted by atomic mass is 32.2. The van der Waals surface area contributed by atoms with E-state index in [0.29, 0.717) is 30.9 Å². The first-order chi connectivity index (χ1) is 18.2. The molecule has 2 aromatic rings. The van der Waals surface area contributed by atoms with Crippen LogP contribution in [0.1, 0.15) is 24.0 Å². The lowest BCUT2D eigenvalue weighted by Gasteiger charge is -2.25. The quantitative estimate of drug-likeness (QED) is 0.317. The first-order valence-corrected chi connectivity index (χ1v) is 13.9. The zero-order valence-corrected chi connectivity index (χ0v) is 21.6. The number of aliphatic imine (C=N–C) groups is 1. The summed E-state index contributed by atoms with van der Waals surface area (Å²) in [7, 11) is -3.89. The van der Waals surface area contributed by atoms with Gasteiger partial charge in [0.1, 0.15) is 12.1 Å². The van der Waals surface area contributed by atoms with Crippen molar-refractivity contribution in [2.24, 2.45) is 4.99 Å². The van der Waals surface area contributed by atoms with Crippen molar-refractivity contribution < 1.29 is 27.9 Å². The molecule has 1 amide bonds. The molecule has 0 aliphatic carbocycles. The first kappa shape index (κ1) is 27.3. The molecule has 2 atom stereocenters. The number of sulfonamides is 1. The minimum atomic E-state index is -3.89. The summed E-state index contributed by atoms with van der Waals surface area (Å²) in [6, 6.07) is 12.6. The molecule has 4 rings (SSSR count). The van der Waals surface area contributed by atoms with E-state index in [9.17, 15) is 27.9 Å². The van der Waals surface area contributed by atoms with Crippen LogP contribution in [-0.4, -0.2) is 79.7 Å². The first-order valence-electron chi connectivity index (χ1n) is 12.5. The van der Waals surface area contributed by atoms with Gasteiger partial charge in [-0.05, 0) is 36.1 Å². The van der Waals surface area contributed by atoms with Crippen LogP contribution in [0.25, 0.3) is 0 Å². The van der Waals surface area contributed by atoms with Crippen LogP contribution in [0, 0.1) is 0 Å². The lowest BCUT2D eigenvalue weighted by Crippen LogP contribution is -2.51. The molecule has 2 aromatic carbocycles. The Balaban J connectivity index is 1.34. The summed E-state index contributed by atoms with van der Waals surface area (Å²) in [5.41, 5.74) is 1.45. The third-order valence-corrected chi connectivity index (χ3v) is 8.38. The molecule has 1 fully saturated rings. The number of amides is 1. The van der Waals surface area contributed by atoms with Crippen molar-refractivity contribution in [1.29, 1.82) is 0 Å². The van der Waals surface area contributed by atoms with E-state index in [0.717, 1.165) is 16.4 Å². The number of carboxylic acid groups (broad SMARTS) is 1. The molecule has 12 heteroatoms. The Hall–Kier alpha value is -3.77. The van der Waals surface area contributed by atoms with Gasteiger partial charge in [0.15, 0.2) is 11.7 Å². The molecular formula is C26H31N5O6S. The van der Waals surface area contributed by atoms with Gasteiger partial charge in [-0.2, -0.15) is 4.31 Å². The van der Waals surface area contributed by atoms with E-state index in [1.807, 2.05) is 0 Å². The van der Waals surface area contributed by atoms with E-state index in [-0.39, 0.29) is 36.6 Å². The van der Waals surface area contributed by atoms with Crippen molar-refractivity contribution in [1.82, 2.24) is 20.3 Å². The number of ketones is 1. The van der Waals surface area contributed by atoms with E-state index in [1.165, 1.54) is 12.1 Å². The topological polar surface area (TPSA) is 157 Å². The van der Waals surface area contributed by atoms with Gasteiger partial charge in [0.2, 0.25) is 15.9 Å². The smallest absolute Gasteiger partial charge is 0.326 e. The summed E-state index contributed by atoms with van der Waals surface area (Å²) in [5, 5.41) is 18.3. The Morgan fingerprint density at radius 3 is 2.45 bits per heavy atom. The van der Waals surface area contributed by atoms with Crippen LogP contribution in [-0.2, 0) is 37.2 Å². The average molecular weight is 542 g/mol. The third kappa shape index (κ3) is 6.75. The van der Waals surface area contributed by atoms with Gasteiger partial charge >= 0.3 is 5.97 Å². The van der Waals surface area contributed by atoms with Crippen molar-refractivity contribution in [2.75, 3.05) is 26.2 Å². The maximum Gasteiger partial charge on any atom is 0.326 e. The van der Waals surface area contributed by atoms with Gasteiger partial charge in [-0.1, -0.05) is 42.5 Å². The molecule has 0 aromatic heterocycles. The van der Waals surface area contributed by atoms with Gasteiger partial charge in [0, 0.05) is 25.9 Å². The number of rotatable bonds is 11. The lowest BCUT2D eigenvalue weighted by atomic mass is 10.0. The van der Waals surface area contributed by atoms with Gasteiger partial charge in [-0.3, -0.25) is 14.6 Å². The number of benzene rings is 2. The van der Waals surface area contributed by atoms with Crippen LogP contribution in [0.15, 0.2) is 64.5 Å². The number of aliphatic carboxylic acids is 1. The second-order valence-corrected chi connectivity index (χ2v) is 11.1. The molecule has 1 saturated heterocycles. The number of nitrogens with one attached hydrogen (secondary N) is 3. The third-order valence-electron chi connectivity index (χ3n) is 6.46. The van der Waals surface area contributed by atoms with Gasteiger partial charge in [0.05, 0.1) is 18.0 Å². The molecule has 0 bridgehead atoms. The van der Waals surface area contributed by atoms with E-state index in [1.54, 1.807) is 42.5 Å². The van der Waals surface area contributed by atoms with Gasteiger partial charge < -0.3 is 21.1 Å². The highest BCUT2D eigenvalue weighted by Gasteiger charge is 2.40. The molecule has 4 N–H and O–H groups in total. The van der Waals surface area contributed by atoms with E-state index in [2.05, 4.69) is 20.9 Å². The second kappa shape index (κ2) is 12.2. The average Bonchev–Trinajstić information content (AvgIpc) is 3.61. The van der Waals surface area contributed by atoms with Crippen molar-refractivity contribution in [3.63, 3.8) is 0 Å². The SMILES string of the molecule is O=C(CNC1=NCCN1)Cc1ccc(CC(NC(=O)[C@@H]2CCCN2S(=O)(=O)c2ccccc2)C(=O)O)cc1. The summed E-state index contributed by atoms with van der Waals surface area (Å²) in [4.78, 5) is 41.5. The number of hydrogen-bond donors (Lipinski definition) is 4. The second-order valence-electron chi connectivity index (χ2n) is 9.23. The van der Waals surface area contributed by atoms with Crippen molar-refractivity contribution in [2.45, 2.75) is 42.7 Å². The monoisotopic (exact) mass is 541 g/mol. The number of nitrogens with zero attached hydrogens (tertiary/aromatic N) is 2. The van der Waals surface area contributed by atoms with Crippen LogP contribution in [0.3, 0.4) is 0 Å². The lowest BCUT2D eigenvalue weighted by molar-refractivity contribution is -0.142. The van der Waals surface area contributed by atoms with Crippen molar-refractivity contribution in [3.05, 3.63) is 65.7 Å². The predicted molar refractivity (Wildman–Crippen MR) is 140 cm³/mol. The molecule has 202 valence electrons. The number of hydrogen-bond acceptors (Lipinski definition) is 8. The van der Waals surface area contributed by atoms with Crippen molar-refractivity contribution >= 4 is 33.6 Å². The fraction of sp³-hybridized carbons (Fsp3) is 0.385. The summed E-state index contributed by atoms with van der Waals surface area (Å²) >= 11 is 0. The fourth-order valence-corrected chi connectivity index (χ4v) is 6.18. The molecule has 2 aliphatic rings. The van der Waals surface area contributed by atoms with Crippen LogP contribution in [0.2, 0.25) is 0 Å². The van der Waals surface area contributed by atoms with Crippen LogP contribution in [0.4, 0.5) is 0 Å². The zero-order valence-electron chi connectivity index (χ0n) is 20.8.